The van der Waals surface area contributed by atoms with Crippen LogP contribution in [0.2, 0.25) is 0 Å². The number of nitrogens with one attached hydrogen (secondary N) is 1. The van der Waals surface area contributed by atoms with Crippen LogP contribution in [0.1, 0.15) is 43.4 Å². The molecule has 1 aliphatic rings. The zero-order chi connectivity index (χ0) is 14.7. The molecule has 1 saturated carbocycles. The summed E-state index contributed by atoms with van der Waals surface area (Å²) in [4.78, 5) is 4.46. The van der Waals surface area contributed by atoms with E-state index in [0.717, 1.165) is 24.4 Å². The molecule has 2 aromatic heterocycles. The van der Waals surface area contributed by atoms with Crippen LogP contribution in [-0.4, -0.2) is 32.1 Å². The molecule has 3 rings (SSSR count). The lowest BCUT2D eigenvalue weighted by atomic mass is 9.88. The van der Waals surface area contributed by atoms with Crippen LogP contribution in [0.25, 0.3) is 5.65 Å². The molecule has 0 bridgehead atoms. The summed E-state index contributed by atoms with van der Waals surface area (Å²) in [6.07, 6.45) is 13.1. The van der Waals surface area contributed by atoms with Crippen LogP contribution in [0.5, 0.6) is 0 Å². The number of thioether (sulfide) groups is 1. The predicted octanol–water partition coefficient (Wildman–Crippen LogP) is 3.19. The predicted molar refractivity (Wildman–Crippen MR) is 88.8 cm³/mol. The molecule has 0 radical (unpaired) electrons. The van der Waals surface area contributed by atoms with Crippen molar-refractivity contribution in [3.8, 4) is 0 Å². The second-order valence-corrected chi connectivity index (χ2v) is 7.38. The molecule has 1 fully saturated rings. The standard InChI is InChI=1S/C16H24N4S/c1-13-8-15-18-10-14(11-20(15)19-13)9-17-12-16(21-2)6-4-3-5-7-16/h8,10-11,17H,3-7,9,12H2,1-2H3. The van der Waals surface area contributed by atoms with Gasteiger partial charge in [-0.1, -0.05) is 19.3 Å². The summed E-state index contributed by atoms with van der Waals surface area (Å²) in [5.41, 5.74) is 3.12. The molecule has 4 nitrogen and oxygen atoms in total. The number of aryl methyl sites for hydroxylation is 1. The van der Waals surface area contributed by atoms with Gasteiger partial charge in [0.15, 0.2) is 5.65 Å². The third kappa shape index (κ3) is 3.40. The van der Waals surface area contributed by atoms with Crippen molar-refractivity contribution in [2.24, 2.45) is 0 Å². The van der Waals surface area contributed by atoms with Gasteiger partial charge in [-0.25, -0.2) is 9.50 Å². The fourth-order valence-corrected chi connectivity index (χ4v) is 4.15. The van der Waals surface area contributed by atoms with Crippen LogP contribution >= 0.6 is 11.8 Å². The lowest BCUT2D eigenvalue weighted by molar-refractivity contribution is 0.379. The highest BCUT2D eigenvalue weighted by atomic mass is 32.2. The van der Waals surface area contributed by atoms with Gasteiger partial charge in [-0.3, -0.25) is 0 Å². The summed E-state index contributed by atoms with van der Waals surface area (Å²) in [6.45, 7) is 3.95. The van der Waals surface area contributed by atoms with Crippen molar-refractivity contribution < 1.29 is 0 Å². The summed E-state index contributed by atoms with van der Waals surface area (Å²) in [6, 6.07) is 2.00. The van der Waals surface area contributed by atoms with E-state index < -0.39 is 0 Å². The second kappa shape index (κ2) is 6.36. The SMILES string of the molecule is CSC1(CNCc2cnc3cc(C)nn3c2)CCCCC1. The Morgan fingerprint density at radius 3 is 2.90 bits per heavy atom. The monoisotopic (exact) mass is 304 g/mol. The van der Waals surface area contributed by atoms with Gasteiger partial charge in [0.2, 0.25) is 0 Å². The normalized spacial score (nSPS) is 18.2. The number of aromatic nitrogens is 3. The quantitative estimate of drug-likeness (QED) is 0.921. The number of hydrogen-bond acceptors (Lipinski definition) is 4. The van der Waals surface area contributed by atoms with Crippen LogP contribution in [0, 0.1) is 6.92 Å². The summed E-state index contributed by atoms with van der Waals surface area (Å²) in [5, 5.41) is 8.06. The maximum atomic E-state index is 4.46. The maximum absolute atomic E-state index is 4.46. The summed E-state index contributed by atoms with van der Waals surface area (Å²) in [7, 11) is 0. The molecule has 2 aromatic rings. The molecule has 0 saturated heterocycles. The van der Waals surface area contributed by atoms with Gasteiger partial charge in [-0.05, 0) is 26.0 Å². The van der Waals surface area contributed by atoms with Crippen LogP contribution in [0.4, 0.5) is 0 Å². The minimum absolute atomic E-state index is 0.443. The molecule has 0 unspecified atom stereocenters. The minimum atomic E-state index is 0.443. The summed E-state index contributed by atoms with van der Waals surface area (Å²) in [5.74, 6) is 0. The van der Waals surface area contributed by atoms with E-state index in [1.807, 2.05) is 35.5 Å². The Labute approximate surface area is 130 Å². The highest BCUT2D eigenvalue weighted by molar-refractivity contribution is 8.00. The van der Waals surface area contributed by atoms with E-state index in [0.29, 0.717) is 4.75 Å². The Morgan fingerprint density at radius 1 is 1.33 bits per heavy atom. The Morgan fingerprint density at radius 2 is 2.14 bits per heavy atom. The Bertz CT molecular complexity index is 601. The summed E-state index contributed by atoms with van der Waals surface area (Å²) >= 11 is 2.04. The first kappa shape index (κ1) is 14.9. The fourth-order valence-electron chi connectivity index (χ4n) is 3.21. The van der Waals surface area contributed by atoms with Crippen molar-refractivity contribution in [3.05, 3.63) is 29.7 Å². The molecule has 1 N–H and O–H groups in total. The highest BCUT2D eigenvalue weighted by Gasteiger charge is 2.30. The smallest absolute Gasteiger partial charge is 0.155 e. The largest absolute Gasteiger partial charge is 0.311 e. The average Bonchev–Trinajstić information content (AvgIpc) is 2.87. The van der Waals surface area contributed by atoms with E-state index in [2.05, 4.69) is 27.9 Å². The van der Waals surface area contributed by atoms with Gasteiger partial charge in [0.1, 0.15) is 0 Å². The molecule has 114 valence electrons. The molecule has 2 heterocycles. The van der Waals surface area contributed by atoms with Crippen molar-refractivity contribution in [1.29, 1.82) is 0 Å². The molecule has 21 heavy (non-hydrogen) atoms. The van der Waals surface area contributed by atoms with E-state index in [-0.39, 0.29) is 0 Å². The van der Waals surface area contributed by atoms with Gasteiger partial charge in [0.05, 0.1) is 5.69 Å². The Kier molecular flexibility index (Phi) is 4.50. The molecule has 0 aliphatic heterocycles. The Hall–Kier alpha value is -1.07. The molecular weight excluding hydrogens is 280 g/mol. The lowest BCUT2D eigenvalue weighted by Crippen LogP contribution is -2.39. The Balaban J connectivity index is 1.60. The van der Waals surface area contributed by atoms with E-state index in [1.54, 1.807) is 0 Å². The lowest BCUT2D eigenvalue weighted by Gasteiger charge is -2.36. The zero-order valence-electron chi connectivity index (χ0n) is 12.9. The molecule has 1 aliphatic carbocycles. The van der Waals surface area contributed by atoms with Crippen molar-refractivity contribution in [2.75, 3.05) is 12.8 Å². The van der Waals surface area contributed by atoms with Crippen LogP contribution in [0.3, 0.4) is 0 Å². The van der Waals surface area contributed by atoms with Gasteiger partial charge in [0, 0.05) is 41.9 Å². The van der Waals surface area contributed by atoms with Crippen molar-refractivity contribution >= 4 is 17.4 Å². The first-order valence-corrected chi connectivity index (χ1v) is 9.00. The third-order valence-corrected chi connectivity index (χ3v) is 5.88. The number of rotatable bonds is 5. The topological polar surface area (TPSA) is 42.2 Å². The van der Waals surface area contributed by atoms with E-state index >= 15 is 0 Å². The first-order chi connectivity index (χ1) is 10.2. The number of hydrogen-bond donors (Lipinski definition) is 1. The molecule has 0 aromatic carbocycles. The molecule has 5 heteroatoms. The van der Waals surface area contributed by atoms with Gasteiger partial charge < -0.3 is 5.32 Å². The third-order valence-electron chi connectivity index (χ3n) is 4.46. The van der Waals surface area contributed by atoms with Crippen molar-refractivity contribution in [3.63, 3.8) is 0 Å². The van der Waals surface area contributed by atoms with Gasteiger partial charge in [-0.15, -0.1) is 0 Å². The van der Waals surface area contributed by atoms with Crippen molar-refractivity contribution in [2.45, 2.75) is 50.3 Å². The molecule has 0 amide bonds. The van der Waals surface area contributed by atoms with E-state index in [1.165, 1.54) is 37.7 Å². The minimum Gasteiger partial charge on any atom is -0.311 e. The summed E-state index contributed by atoms with van der Waals surface area (Å²) < 4.78 is 2.31. The highest BCUT2D eigenvalue weighted by Crippen LogP contribution is 2.37. The van der Waals surface area contributed by atoms with Crippen LogP contribution in [-0.2, 0) is 6.54 Å². The van der Waals surface area contributed by atoms with Gasteiger partial charge in [-0.2, -0.15) is 16.9 Å². The zero-order valence-corrected chi connectivity index (χ0v) is 13.7. The first-order valence-electron chi connectivity index (χ1n) is 7.78. The maximum Gasteiger partial charge on any atom is 0.155 e. The number of fused-ring (bicyclic) bond motifs is 1. The number of nitrogens with zero attached hydrogens (tertiary/aromatic N) is 3. The van der Waals surface area contributed by atoms with Crippen LogP contribution in [0.15, 0.2) is 18.5 Å². The van der Waals surface area contributed by atoms with Gasteiger partial charge in [0.25, 0.3) is 0 Å². The second-order valence-electron chi connectivity index (χ2n) is 6.10. The molecule has 0 spiro atoms. The van der Waals surface area contributed by atoms with E-state index in [4.69, 9.17) is 0 Å². The molecular formula is C16H24N4S. The van der Waals surface area contributed by atoms with Crippen molar-refractivity contribution in [1.82, 2.24) is 19.9 Å². The fraction of sp³-hybridized carbons (Fsp3) is 0.625. The van der Waals surface area contributed by atoms with E-state index in [9.17, 15) is 0 Å². The average molecular weight is 304 g/mol. The van der Waals surface area contributed by atoms with Crippen LogP contribution < -0.4 is 5.32 Å². The molecule has 0 atom stereocenters. The van der Waals surface area contributed by atoms with Gasteiger partial charge >= 0.3 is 0 Å².